The molecule has 2 aromatic rings. The molecular weight excluding hydrogens is 327 g/mol. The van der Waals surface area contributed by atoms with Gasteiger partial charge in [0.25, 0.3) is 0 Å². The quantitative estimate of drug-likeness (QED) is 0.643. The lowest BCUT2D eigenvalue weighted by molar-refractivity contribution is 0.599. The maximum Gasteiger partial charge on any atom is 0.126 e. The second kappa shape index (κ2) is 6.53. The third-order valence-electron chi connectivity index (χ3n) is 3.17. The summed E-state index contributed by atoms with van der Waals surface area (Å²) < 4.78 is 13.8. The van der Waals surface area contributed by atoms with Crippen LogP contribution < -0.4 is 0 Å². The van der Waals surface area contributed by atoms with Gasteiger partial charge in [-0.1, -0.05) is 57.4 Å². The van der Waals surface area contributed by atoms with Crippen molar-refractivity contribution >= 4 is 27.5 Å². The van der Waals surface area contributed by atoms with Crippen molar-refractivity contribution in [2.45, 2.75) is 19.3 Å². The molecule has 0 aliphatic carbocycles. The molecule has 0 saturated heterocycles. The van der Waals surface area contributed by atoms with Gasteiger partial charge in [0, 0.05) is 10.4 Å². The molecule has 0 fully saturated rings. The van der Waals surface area contributed by atoms with Gasteiger partial charge in [0.15, 0.2) is 0 Å². The molecule has 19 heavy (non-hydrogen) atoms. The Bertz CT molecular complexity index is 568. The number of benzene rings is 2. The average Bonchev–Trinajstić information content (AvgIpc) is 2.39. The minimum atomic E-state index is -0.192. The molecule has 0 aliphatic heterocycles. The predicted molar refractivity (Wildman–Crippen MR) is 82.8 cm³/mol. The van der Waals surface area contributed by atoms with Gasteiger partial charge in [0.05, 0.1) is 0 Å². The lowest BCUT2D eigenvalue weighted by atomic mass is 9.92. The Kier molecular flexibility index (Phi) is 5.00. The summed E-state index contributed by atoms with van der Waals surface area (Å²) in [4.78, 5) is 0. The van der Waals surface area contributed by atoms with E-state index in [-0.39, 0.29) is 11.7 Å². The lowest BCUT2D eigenvalue weighted by Crippen LogP contribution is -2.06. The monoisotopic (exact) mass is 340 g/mol. The minimum absolute atomic E-state index is 0.192. The number of halogens is 3. The zero-order valence-electron chi connectivity index (χ0n) is 10.7. The number of hydrogen-bond acceptors (Lipinski definition) is 0. The molecule has 100 valence electrons. The van der Waals surface area contributed by atoms with Crippen LogP contribution >= 0.6 is 27.5 Å². The number of aryl methyl sites for hydroxylation is 1. The SMILES string of the molecule is Cc1cccc(C(CBr)Cc2cc(Cl)ccc2F)c1. The van der Waals surface area contributed by atoms with Gasteiger partial charge in [-0.05, 0) is 48.6 Å². The van der Waals surface area contributed by atoms with Crippen molar-refractivity contribution in [3.8, 4) is 0 Å². The van der Waals surface area contributed by atoms with E-state index in [0.29, 0.717) is 17.0 Å². The molecule has 0 spiro atoms. The summed E-state index contributed by atoms with van der Waals surface area (Å²) in [5, 5.41) is 1.37. The van der Waals surface area contributed by atoms with E-state index in [4.69, 9.17) is 11.6 Å². The van der Waals surface area contributed by atoms with Crippen molar-refractivity contribution in [3.63, 3.8) is 0 Å². The molecule has 0 amide bonds. The maximum absolute atomic E-state index is 13.8. The summed E-state index contributed by atoms with van der Waals surface area (Å²) in [6.45, 7) is 2.06. The first-order valence-electron chi connectivity index (χ1n) is 6.16. The minimum Gasteiger partial charge on any atom is -0.207 e. The van der Waals surface area contributed by atoms with Crippen LogP contribution in [0, 0.1) is 12.7 Å². The van der Waals surface area contributed by atoms with Crippen LogP contribution in [-0.4, -0.2) is 5.33 Å². The van der Waals surface area contributed by atoms with Crippen LogP contribution in [0.1, 0.15) is 22.6 Å². The van der Waals surface area contributed by atoms with Gasteiger partial charge in [0.1, 0.15) is 5.82 Å². The molecule has 0 radical (unpaired) electrons. The van der Waals surface area contributed by atoms with Gasteiger partial charge in [-0.2, -0.15) is 0 Å². The van der Waals surface area contributed by atoms with Crippen LogP contribution in [0.4, 0.5) is 4.39 Å². The van der Waals surface area contributed by atoms with Gasteiger partial charge >= 0.3 is 0 Å². The van der Waals surface area contributed by atoms with Crippen LogP contribution in [0.25, 0.3) is 0 Å². The molecule has 1 atom stereocenters. The van der Waals surface area contributed by atoms with Gasteiger partial charge < -0.3 is 0 Å². The van der Waals surface area contributed by atoms with Crippen LogP contribution in [0.15, 0.2) is 42.5 Å². The van der Waals surface area contributed by atoms with Crippen LogP contribution in [-0.2, 0) is 6.42 Å². The van der Waals surface area contributed by atoms with Crippen molar-refractivity contribution < 1.29 is 4.39 Å². The molecule has 0 nitrogen and oxygen atoms in total. The highest BCUT2D eigenvalue weighted by atomic mass is 79.9. The molecular formula is C16H15BrClF. The Labute approximate surface area is 126 Å². The van der Waals surface area contributed by atoms with Crippen molar-refractivity contribution in [3.05, 3.63) is 70.0 Å². The Hall–Kier alpha value is -0.860. The van der Waals surface area contributed by atoms with Crippen LogP contribution in [0.5, 0.6) is 0 Å². The number of alkyl halides is 1. The zero-order chi connectivity index (χ0) is 13.8. The third-order valence-corrected chi connectivity index (χ3v) is 4.19. The smallest absolute Gasteiger partial charge is 0.126 e. The highest BCUT2D eigenvalue weighted by Gasteiger charge is 2.14. The fraction of sp³-hybridized carbons (Fsp3) is 0.250. The molecule has 2 aromatic carbocycles. The highest BCUT2D eigenvalue weighted by Crippen LogP contribution is 2.26. The zero-order valence-corrected chi connectivity index (χ0v) is 13.0. The summed E-state index contributed by atoms with van der Waals surface area (Å²) in [7, 11) is 0. The summed E-state index contributed by atoms with van der Waals surface area (Å²) >= 11 is 9.46. The Morgan fingerprint density at radius 1 is 1.21 bits per heavy atom. The van der Waals surface area contributed by atoms with Crippen molar-refractivity contribution in [2.24, 2.45) is 0 Å². The van der Waals surface area contributed by atoms with E-state index >= 15 is 0 Å². The molecule has 0 aromatic heterocycles. The molecule has 0 heterocycles. The topological polar surface area (TPSA) is 0 Å². The van der Waals surface area contributed by atoms with Crippen molar-refractivity contribution in [1.82, 2.24) is 0 Å². The highest BCUT2D eigenvalue weighted by molar-refractivity contribution is 9.09. The first kappa shape index (κ1) is 14.5. The second-order valence-electron chi connectivity index (χ2n) is 4.71. The van der Waals surface area contributed by atoms with Gasteiger partial charge in [0.2, 0.25) is 0 Å². The fourth-order valence-electron chi connectivity index (χ4n) is 2.15. The second-order valence-corrected chi connectivity index (χ2v) is 5.79. The van der Waals surface area contributed by atoms with E-state index in [1.807, 2.05) is 6.07 Å². The van der Waals surface area contributed by atoms with E-state index in [0.717, 1.165) is 5.33 Å². The summed E-state index contributed by atoms with van der Waals surface area (Å²) in [5.41, 5.74) is 3.10. The van der Waals surface area contributed by atoms with Gasteiger partial charge in [-0.15, -0.1) is 0 Å². The lowest BCUT2D eigenvalue weighted by Gasteiger charge is -2.16. The first-order chi connectivity index (χ1) is 9.10. The van der Waals surface area contributed by atoms with Gasteiger partial charge in [-0.3, -0.25) is 0 Å². The van der Waals surface area contributed by atoms with E-state index in [1.165, 1.54) is 17.2 Å². The van der Waals surface area contributed by atoms with Gasteiger partial charge in [-0.25, -0.2) is 4.39 Å². The first-order valence-corrected chi connectivity index (χ1v) is 7.66. The van der Waals surface area contributed by atoms with E-state index in [2.05, 4.69) is 41.1 Å². The largest absolute Gasteiger partial charge is 0.207 e. The van der Waals surface area contributed by atoms with E-state index in [9.17, 15) is 4.39 Å². The Balaban J connectivity index is 2.26. The van der Waals surface area contributed by atoms with Crippen molar-refractivity contribution in [1.29, 1.82) is 0 Å². The number of rotatable bonds is 4. The Morgan fingerprint density at radius 3 is 2.68 bits per heavy atom. The molecule has 0 aliphatic rings. The van der Waals surface area contributed by atoms with Crippen LogP contribution in [0.2, 0.25) is 5.02 Å². The average molecular weight is 342 g/mol. The molecule has 0 saturated carbocycles. The standard InChI is InChI=1S/C16H15BrClF/c1-11-3-2-4-12(7-11)14(10-17)8-13-9-15(18)5-6-16(13)19/h2-7,9,14H,8,10H2,1H3. The van der Waals surface area contributed by atoms with Crippen molar-refractivity contribution in [2.75, 3.05) is 5.33 Å². The number of hydrogen-bond donors (Lipinski definition) is 0. The van der Waals surface area contributed by atoms with E-state index in [1.54, 1.807) is 12.1 Å². The molecule has 0 bridgehead atoms. The predicted octanol–water partition coefficient (Wildman–Crippen LogP) is 5.51. The molecule has 3 heteroatoms. The summed E-state index contributed by atoms with van der Waals surface area (Å²) in [5.74, 6) is 0.0517. The molecule has 1 unspecified atom stereocenters. The van der Waals surface area contributed by atoms with Crippen LogP contribution in [0.3, 0.4) is 0 Å². The maximum atomic E-state index is 13.8. The summed E-state index contributed by atoms with van der Waals surface area (Å²) in [6.07, 6.45) is 0.640. The summed E-state index contributed by atoms with van der Waals surface area (Å²) in [6, 6.07) is 13.1. The molecule has 2 rings (SSSR count). The molecule has 0 N–H and O–H groups in total. The Morgan fingerprint density at radius 2 is 2.00 bits per heavy atom. The normalized spacial score (nSPS) is 12.4. The third kappa shape index (κ3) is 3.80. The van der Waals surface area contributed by atoms with E-state index < -0.39 is 0 Å². The fourth-order valence-corrected chi connectivity index (χ4v) is 2.95.